The molecule has 0 spiro atoms. The highest BCUT2D eigenvalue weighted by atomic mass is 35.5. The van der Waals surface area contributed by atoms with E-state index in [1.807, 2.05) is 12.1 Å². The van der Waals surface area contributed by atoms with Crippen LogP contribution in [0.5, 0.6) is 0 Å². The molecule has 1 aliphatic rings. The molecule has 2 aromatic carbocycles. The van der Waals surface area contributed by atoms with Gasteiger partial charge in [0.15, 0.2) is 0 Å². The van der Waals surface area contributed by atoms with E-state index in [1.165, 1.54) is 22.4 Å². The van der Waals surface area contributed by atoms with Crippen molar-refractivity contribution < 1.29 is 0 Å². The Morgan fingerprint density at radius 3 is 2.62 bits per heavy atom. The summed E-state index contributed by atoms with van der Waals surface area (Å²) in [5.41, 5.74) is 5.34. The second-order valence-corrected chi connectivity index (χ2v) is 6.21. The number of halogens is 1. The first kappa shape index (κ1) is 14.3. The normalized spacial score (nSPS) is 21.1. The van der Waals surface area contributed by atoms with Crippen LogP contribution < -0.4 is 0 Å². The SMILES string of the molecule is CC(N=C1CCc2cc(Cl)ccc2C1C)c1ccccc1. The lowest BCUT2D eigenvalue weighted by molar-refractivity contribution is 0.773. The van der Waals surface area contributed by atoms with E-state index in [9.17, 15) is 0 Å². The van der Waals surface area contributed by atoms with E-state index < -0.39 is 0 Å². The zero-order valence-electron chi connectivity index (χ0n) is 12.5. The molecule has 0 fully saturated rings. The molecule has 0 heterocycles. The largest absolute Gasteiger partial charge is 0.286 e. The first-order chi connectivity index (χ1) is 10.1. The third-order valence-corrected chi connectivity index (χ3v) is 4.60. The van der Waals surface area contributed by atoms with Crippen LogP contribution in [-0.2, 0) is 6.42 Å². The van der Waals surface area contributed by atoms with Crippen LogP contribution in [0.2, 0.25) is 5.02 Å². The van der Waals surface area contributed by atoms with Gasteiger partial charge in [-0.2, -0.15) is 0 Å². The molecular weight excluding hydrogens is 278 g/mol. The first-order valence-corrected chi connectivity index (χ1v) is 7.93. The maximum absolute atomic E-state index is 6.09. The average Bonchev–Trinajstić information content (AvgIpc) is 2.51. The molecule has 0 saturated carbocycles. The minimum Gasteiger partial charge on any atom is -0.286 e. The molecule has 108 valence electrons. The molecule has 21 heavy (non-hydrogen) atoms. The summed E-state index contributed by atoms with van der Waals surface area (Å²) in [5.74, 6) is 0.386. The topological polar surface area (TPSA) is 12.4 Å². The zero-order valence-corrected chi connectivity index (χ0v) is 13.3. The summed E-state index contributed by atoms with van der Waals surface area (Å²) in [7, 11) is 0. The van der Waals surface area contributed by atoms with E-state index in [4.69, 9.17) is 16.6 Å². The number of hydrogen-bond donors (Lipinski definition) is 0. The van der Waals surface area contributed by atoms with Gasteiger partial charge < -0.3 is 0 Å². The van der Waals surface area contributed by atoms with Crippen molar-refractivity contribution in [2.45, 2.75) is 38.6 Å². The fourth-order valence-electron chi connectivity index (χ4n) is 3.10. The Labute approximate surface area is 131 Å². The highest BCUT2D eigenvalue weighted by Crippen LogP contribution is 2.32. The highest BCUT2D eigenvalue weighted by molar-refractivity contribution is 6.30. The fourth-order valence-corrected chi connectivity index (χ4v) is 3.30. The number of rotatable bonds is 2. The van der Waals surface area contributed by atoms with E-state index in [1.54, 1.807) is 0 Å². The standard InChI is InChI=1S/C19H20ClN/c1-13-18-10-9-17(20)12-16(18)8-11-19(13)21-14(2)15-6-4-3-5-7-15/h3-7,9-10,12-14H,8,11H2,1-2H3. The minimum atomic E-state index is 0.220. The van der Waals surface area contributed by atoms with Crippen molar-refractivity contribution in [3.8, 4) is 0 Å². The van der Waals surface area contributed by atoms with Gasteiger partial charge in [0.1, 0.15) is 0 Å². The molecule has 2 heteroatoms. The Bertz CT molecular complexity index is 661. The highest BCUT2D eigenvalue weighted by Gasteiger charge is 2.22. The number of fused-ring (bicyclic) bond motifs is 1. The number of aryl methyl sites for hydroxylation is 1. The van der Waals surface area contributed by atoms with Crippen molar-refractivity contribution in [2.75, 3.05) is 0 Å². The summed E-state index contributed by atoms with van der Waals surface area (Å²) < 4.78 is 0. The molecule has 0 aromatic heterocycles. The second kappa shape index (κ2) is 6.03. The zero-order chi connectivity index (χ0) is 14.8. The summed E-state index contributed by atoms with van der Waals surface area (Å²) in [6, 6.07) is 17.0. The Morgan fingerprint density at radius 1 is 1.10 bits per heavy atom. The van der Waals surface area contributed by atoms with Crippen molar-refractivity contribution in [1.29, 1.82) is 0 Å². The van der Waals surface area contributed by atoms with E-state index in [-0.39, 0.29) is 6.04 Å². The molecular formula is C19H20ClN. The summed E-state index contributed by atoms with van der Waals surface area (Å²) in [6.45, 7) is 4.43. The van der Waals surface area contributed by atoms with Gasteiger partial charge in [0.05, 0.1) is 6.04 Å². The van der Waals surface area contributed by atoms with Crippen LogP contribution in [0, 0.1) is 0 Å². The summed E-state index contributed by atoms with van der Waals surface area (Å²) in [5, 5.41) is 0.832. The van der Waals surface area contributed by atoms with Crippen molar-refractivity contribution in [3.05, 3.63) is 70.2 Å². The predicted octanol–water partition coefficient (Wildman–Crippen LogP) is 5.59. The monoisotopic (exact) mass is 297 g/mol. The molecule has 0 bridgehead atoms. The number of aliphatic imine (C=N–C) groups is 1. The number of nitrogens with zero attached hydrogens (tertiary/aromatic N) is 1. The van der Waals surface area contributed by atoms with Crippen molar-refractivity contribution in [3.63, 3.8) is 0 Å². The molecule has 0 aliphatic heterocycles. The number of hydrogen-bond acceptors (Lipinski definition) is 1. The molecule has 3 rings (SSSR count). The van der Waals surface area contributed by atoms with Crippen LogP contribution >= 0.6 is 11.6 Å². The Kier molecular flexibility index (Phi) is 4.12. The molecule has 0 radical (unpaired) electrons. The molecule has 1 nitrogen and oxygen atoms in total. The minimum absolute atomic E-state index is 0.220. The molecule has 0 N–H and O–H groups in total. The summed E-state index contributed by atoms with van der Waals surface area (Å²) >= 11 is 6.09. The lowest BCUT2D eigenvalue weighted by Crippen LogP contribution is -2.19. The predicted molar refractivity (Wildman–Crippen MR) is 90.5 cm³/mol. The average molecular weight is 298 g/mol. The molecule has 0 amide bonds. The van der Waals surface area contributed by atoms with Crippen LogP contribution in [0.15, 0.2) is 53.5 Å². The van der Waals surface area contributed by atoms with E-state index in [0.29, 0.717) is 5.92 Å². The van der Waals surface area contributed by atoms with Gasteiger partial charge in [-0.25, -0.2) is 0 Å². The molecule has 2 aromatic rings. The lowest BCUT2D eigenvalue weighted by atomic mass is 9.82. The second-order valence-electron chi connectivity index (χ2n) is 5.77. The molecule has 1 aliphatic carbocycles. The van der Waals surface area contributed by atoms with Gasteiger partial charge in [0.2, 0.25) is 0 Å². The summed E-state index contributed by atoms with van der Waals surface area (Å²) in [4.78, 5) is 4.99. The van der Waals surface area contributed by atoms with E-state index >= 15 is 0 Å². The Morgan fingerprint density at radius 2 is 1.86 bits per heavy atom. The van der Waals surface area contributed by atoms with Crippen LogP contribution in [0.4, 0.5) is 0 Å². The van der Waals surface area contributed by atoms with E-state index in [0.717, 1.165) is 17.9 Å². The quantitative estimate of drug-likeness (QED) is 0.685. The van der Waals surface area contributed by atoms with Crippen LogP contribution in [0.3, 0.4) is 0 Å². The van der Waals surface area contributed by atoms with Gasteiger partial charge in [-0.15, -0.1) is 0 Å². The van der Waals surface area contributed by atoms with Crippen molar-refractivity contribution >= 4 is 17.3 Å². The molecule has 2 unspecified atom stereocenters. The molecule has 2 atom stereocenters. The van der Waals surface area contributed by atoms with E-state index in [2.05, 4.69) is 50.2 Å². The first-order valence-electron chi connectivity index (χ1n) is 7.55. The summed E-state index contributed by atoms with van der Waals surface area (Å²) in [6.07, 6.45) is 2.08. The fraction of sp³-hybridized carbons (Fsp3) is 0.316. The van der Waals surface area contributed by atoms with Gasteiger partial charge in [0.25, 0.3) is 0 Å². The molecule has 0 saturated heterocycles. The lowest BCUT2D eigenvalue weighted by Gasteiger charge is -2.26. The third kappa shape index (κ3) is 3.03. The van der Waals surface area contributed by atoms with Gasteiger partial charge in [-0.1, -0.05) is 54.9 Å². The van der Waals surface area contributed by atoms with Crippen LogP contribution in [-0.4, -0.2) is 5.71 Å². The van der Waals surface area contributed by atoms with Crippen molar-refractivity contribution in [1.82, 2.24) is 0 Å². The smallest absolute Gasteiger partial charge is 0.0720 e. The van der Waals surface area contributed by atoms with Gasteiger partial charge in [-0.05, 0) is 48.6 Å². The maximum Gasteiger partial charge on any atom is 0.0720 e. The van der Waals surface area contributed by atoms with Crippen LogP contribution in [0.1, 0.15) is 48.9 Å². The number of benzene rings is 2. The van der Waals surface area contributed by atoms with Gasteiger partial charge in [-0.3, -0.25) is 4.99 Å². The Balaban J connectivity index is 1.87. The third-order valence-electron chi connectivity index (χ3n) is 4.36. The van der Waals surface area contributed by atoms with Crippen LogP contribution in [0.25, 0.3) is 0 Å². The van der Waals surface area contributed by atoms with Gasteiger partial charge in [0, 0.05) is 16.7 Å². The van der Waals surface area contributed by atoms with Crippen molar-refractivity contribution in [2.24, 2.45) is 4.99 Å². The van der Waals surface area contributed by atoms with Gasteiger partial charge >= 0.3 is 0 Å². The maximum atomic E-state index is 6.09. The Hall–Kier alpha value is -1.60.